The summed E-state index contributed by atoms with van der Waals surface area (Å²) in [5.74, 6) is 0.450. The average molecular weight is 355 g/mol. The lowest BCUT2D eigenvalue weighted by Crippen LogP contribution is -2.39. The monoisotopic (exact) mass is 355 g/mol. The number of ether oxygens (including phenoxy) is 1. The normalized spacial score (nSPS) is 14.8. The number of anilines is 1. The van der Waals surface area contributed by atoms with Crippen LogP contribution >= 0.6 is 0 Å². The van der Waals surface area contributed by atoms with Gasteiger partial charge in [0.15, 0.2) is 0 Å². The van der Waals surface area contributed by atoms with Gasteiger partial charge in [0, 0.05) is 32.7 Å². The summed E-state index contributed by atoms with van der Waals surface area (Å²) in [6, 6.07) is 8.06. The molecule has 7 heteroatoms. The van der Waals surface area contributed by atoms with Gasteiger partial charge < -0.3 is 15.4 Å². The Morgan fingerprint density at radius 1 is 1.15 bits per heavy atom. The van der Waals surface area contributed by atoms with Gasteiger partial charge in [0.2, 0.25) is 0 Å². The fourth-order valence-corrected chi connectivity index (χ4v) is 2.68. The highest BCUT2D eigenvalue weighted by Crippen LogP contribution is 2.05. The van der Waals surface area contributed by atoms with Crippen molar-refractivity contribution >= 4 is 11.7 Å². The largest absolute Gasteiger partial charge is 0.379 e. The fourth-order valence-electron chi connectivity index (χ4n) is 2.68. The van der Waals surface area contributed by atoms with Crippen LogP contribution in [0.5, 0.6) is 0 Å². The highest BCUT2D eigenvalue weighted by atomic mass is 16.5. The molecule has 1 aromatic carbocycles. The molecule has 0 radical (unpaired) electrons. The van der Waals surface area contributed by atoms with Crippen LogP contribution in [0.3, 0.4) is 0 Å². The summed E-state index contributed by atoms with van der Waals surface area (Å²) in [6.07, 6.45) is 3.10. The number of carbonyl (C=O) groups is 1. The van der Waals surface area contributed by atoms with Crippen molar-refractivity contribution in [3.8, 4) is 0 Å². The minimum atomic E-state index is -0.224. The van der Waals surface area contributed by atoms with Crippen molar-refractivity contribution in [1.82, 2.24) is 20.2 Å². The zero-order chi connectivity index (χ0) is 18.2. The van der Waals surface area contributed by atoms with Crippen LogP contribution in [0.4, 0.5) is 5.82 Å². The Hall–Kier alpha value is -2.51. The van der Waals surface area contributed by atoms with Gasteiger partial charge in [0.1, 0.15) is 11.5 Å². The second-order valence-corrected chi connectivity index (χ2v) is 6.34. The van der Waals surface area contributed by atoms with E-state index in [-0.39, 0.29) is 5.91 Å². The summed E-state index contributed by atoms with van der Waals surface area (Å²) in [4.78, 5) is 23.0. The molecule has 2 heterocycles. The Morgan fingerprint density at radius 3 is 2.62 bits per heavy atom. The van der Waals surface area contributed by atoms with Crippen LogP contribution in [0.25, 0.3) is 0 Å². The number of morpholine rings is 1. The lowest BCUT2D eigenvalue weighted by molar-refractivity contribution is 0.0398. The zero-order valence-electron chi connectivity index (χ0n) is 15.1. The number of rotatable bonds is 7. The van der Waals surface area contributed by atoms with Gasteiger partial charge in [-0.05, 0) is 12.5 Å². The number of benzene rings is 1. The summed E-state index contributed by atoms with van der Waals surface area (Å²) in [6.45, 7) is 7.76. The van der Waals surface area contributed by atoms with Crippen molar-refractivity contribution in [2.75, 3.05) is 44.7 Å². The second-order valence-electron chi connectivity index (χ2n) is 6.34. The Balaban J connectivity index is 1.42. The third kappa shape index (κ3) is 5.50. The zero-order valence-corrected chi connectivity index (χ0v) is 15.1. The van der Waals surface area contributed by atoms with E-state index in [2.05, 4.69) is 25.5 Å². The Kier molecular flexibility index (Phi) is 6.51. The molecule has 0 spiro atoms. The Morgan fingerprint density at radius 2 is 1.92 bits per heavy atom. The van der Waals surface area contributed by atoms with Crippen LogP contribution in [-0.4, -0.2) is 60.2 Å². The SMILES string of the molecule is Cc1ccc(CNC(=O)c2cnc(NCCN3CCOCC3)cn2)cc1. The molecule has 0 atom stereocenters. The molecule has 138 valence electrons. The molecular weight excluding hydrogens is 330 g/mol. The van der Waals surface area contributed by atoms with Gasteiger partial charge in [-0.3, -0.25) is 9.69 Å². The van der Waals surface area contributed by atoms with Crippen LogP contribution in [0, 0.1) is 6.92 Å². The molecule has 2 aromatic rings. The van der Waals surface area contributed by atoms with E-state index >= 15 is 0 Å². The topological polar surface area (TPSA) is 79.4 Å². The number of hydrogen-bond donors (Lipinski definition) is 2. The number of hydrogen-bond acceptors (Lipinski definition) is 6. The van der Waals surface area contributed by atoms with Crippen molar-refractivity contribution in [1.29, 1.82) is 0 Å². The summed E-state index contributed by atoms with van der Waals surface area (Å²) < 4.78 is 5.33. The molecular formula is C19H25N5O2. The van der Waals surface area contributed by atoms with Gasteiger partial charge >= 0.3 is 0 Å². The number of aryl methyl sites for hydroxylation is 1. The van der Waals surface area contributed by atoms with Crippen LogP contribution in [0.2, 0.25) is 0 Å². The standard InChI is InChI=1S/C19H25N5O2/c1-15-2-4-16(5-3-15)12-23-19(25)17-13-22-18(14-21-17)20-6-7-24-8-10-26-11-9-24/h2-5,13-14H,6-12H2,1H3,(H,20,22)(H,23,25). The van der Waals surface area contributed by atoms with E-state index in [1.54, 1.807) is 6.20 Å². The average Bonchev–Trinajstić information content (AvgIpc) is 2.69. The number of nitrogens with one attached hydrogen (secondary N) is 2. The molecule has 0 saturated carbocycles. The molecule has 2 N–H and O–H groups in total. The fraction of sp³-hybridized carbons (Fsp3) is 0.421. The van der Waals surface area contributed by atoms with Crippen molar-refractivity contribution < 1.29 is 9.53 Å². The van der Waals surface area contributed by atoms with Gasteiger partial charge in [-0.2, -0.15) is 0 Å². The molecule has 1 aromatic heterocycles. The molecule has 1 fully saturated rings. The first-order valence-corrected chi connectivity index (χ1v) is 8.90. The van der Waals surface area contributed by atoms with Crippen molar-refractivity contribution in [2.45, 2.75) is 13.5 Å². The predicted octanol–water partition coefficient (Wildman–Crippen LogP) is 1.46. The lowest BCUT2D eigenvalue weighted by Gasteiger charge is -2.26. The number of aromatic nitrogens is 2. The molecule has 0 unspecified atom stereocenters. The molecule has 26 heavy (non-hydrogen) atoms. The van der Waals surface area contributed by atoms with Crippen LogP contribution < -0.4 is 10.6 Å². The number of carbonyl (C=O) groups excluding carboxylic acids is 1. The maximum Gasteiger partial charge on any atom is 0.271 e. The maximum absolute atomic E-state index is 12.2. The van der Waals surface area contributed by atoms with Crippen molar-refractivity contribution in [3.63, 3.8) is 0 Å². The molecule has 0 bridgehead atoms. The molecule has 7 nitrogen and oxygen atoms in total. The molecule has 1 amide bonds. The molecule has 1 saturated heterocycles. The smallest absolute Gasteiger partial charge is 0.271 e. The first-order chi connectivity index (χ1) is 12.7. The number of nitrogens with zero attached hydrogens (tertiary/aromatic N) is 3. The molecule has 0 aliphatic carbocycles. The van der Waals surface area contributed by atoms with E-state index in [0.29, 0.717) is 18.1 Å². The van der Waals surface area contributed by atoms with Gasteiger partial charge in [0.05, 0.1) is 25.6 Å². The summed E-state index contributed by atoms with van der Waals surface area (Å²) in [5, 5.41) is 6.09. The maximum atomic E-state index is 12.2. The lowest BCUT2D eigenvalue weighted by atomic mass is 10.1. The second kappa shape index (κ2) is 9.26. The van der Waals surface area contributed by atoms with Crippen LogP contribution in [0.1, 0.15) is 21.6 Å². The van der Waals surface area contributed by atoms with E-state index < -0.39 is 0 Å². The van der Waals surface area contributed by atoms with Crippen molar-refractivity contribution in [2.24, 2.45) is 0 Å². The van der Waals surface area contributed by atoms with E-state index in [0.717, 1.165) is 45.0 Å². The Bertz CT molecular complexity index is 697. The highest BCUT2D eigenvalue weighted by Gasteiger charge is 2.10. The third-order valence-corrected chi connectivity index (χ3v) is 4.30. The van der Waals surface area contributed by atoms with E-state index in [9.17, 15) is 4.79 Å². The van der Waals surface area contributed by atoms with E-state index in [1.807, 2.05) is 31.2 Å². The summed E-state index contributed by atoms with van der Waals surface area (Å²) in [7, 11) is 0. The van der Waals surface area contributed by atoms with E-state index in [1.165, 1.54) is 11.8 Å². The van der Waals surface area contributed by atoms with Gasteiger partial charge in [-0.1, -0.05) is 29.8 Å². The van der Waals surface area contributed by atoms with Crippen LogP contribution in [0.15, 0.2) is 36.7 Å². The highest BCUT2D eigenvalue weighted by molar-refractivity contribution is 5.91. The van der Waals surface area contributed by atoms with E-state index in [4.69, 9.17) is 4.74 Å². The molecule has 3 rings (SSSR count). The third-order valence-electron chi connectivity index (χ3n) is 4.30. The molecule has 1 aliphatic heterocycles. The minimum absolute atomic E-state index is 0.224. The quantitative estimate of drug-likeness (QED) is 0.783. The minimum Gasteiger partial charge on any atom is -0.379 e. The Labute approximate surface area is 153 Å². The van der Waals surface area contributed by atoms with Gasteiger partial charge in [-0.25, -0.2) is 9.97 Å². The van der Waals surface area contributed by atoms with Gasteiger partial charge in [-0.15, -0.1) is 0 Å². The summed E-state index contributed by atoms with van der Waals surface area (Å²) >= 11 is 0. The van der Waals surface area contributed by atoms with Gasteiger partial charge in [0.25, 0.3) is 5.91 Å². The van der Waals surface area contributed by atoms with Crippen molar-refractivity contribution in [3.05, 3.63) is 53.5 Å². The molecule has 1 aliphatic rings. The van der Waals surface area contributed by atoms with Crippen LogP contribution in [-0.2, 0) is 11.3 Å². The number of amides is 1. The first kappa shape index (κ1) is 18.3. The summed E-state index contributed by atoms with van der Waals surface area (Å²) in [5.41, 5.74) is 2.57. The first-order valence-electron chi connectivity index (χ1n) is 8.90. The predicted molar refractivity (Wildman–Crippen MR) is 100 cm³/mol.